The second kappa shape index (κ2) is 16.7. The maximum absolute atomic E-state index is 16.3. The maximum atomic E-state index is 16.3. The Kier molecular flexibility index (Phi) is 11.7. The van der Waals surface area contributed by atoms with Crippen LogP contribution in [0.2, 0.25) is 16.6 Å². The average molecular weight is 803 g/mol. The zero-order valence-electron chi connectivity index (χ0n) is 35.4. The predicted molar refractivity (Wildman–Crippen MR) is 235 cm³/mol. The van der Waals surface area contributed by atoms with Crippen LogP contribution < -0.4 is 9.64 Å². The molecule has 11 heteroatoms. The van der Waals surface area contributed by atoms with Crippen molar-refractivity contribution in [3.05, 3.63) is 66.1 Å². The van der Waals surface area contributed by atoms with Gasteiger partial charge in [0, 0.05) is 50.3 Å². The van der Waals surface area contributed by atoms with Gasteiger partial charge in [-0.15, -0.1) is 5.54 Å². The first-order chi connectivity index (χ1) is 28.0. The quantitative estimate of drug-likeness (QED) is 0.0702. The molecule has 2 saturated heterocycles. The van der Waals surface area contributed by atoms with E-state index in [2.05, 4.69) is 98.0 Å². The second-order valence-electron chi connectivity index (χ2n) is 17.6. The number of methoxy groups -OCH3 is 1. The van der Waals surface area contributed by atoms with Crippen LogP contribution in [0.4, 0.5) is 10.2 Å². The van der Waals surface area contributed by atoms with Gasteiger partial charge >= 0.3 is 0 Å². The van der Waals surface area contributed by atoms with Crippen molar-refractivity contribution in [2.45, 2.75) is 95.8 Å². The van der Waals surface area contributed by atoms with Crippen LogP contribution in [0.25, 0.3) is 44.3 Å². The van der Waals surface area contributed by atoms with Gasteiger partial charge in [0.1, 0.15) is 31.2 Å². The molecule has 306 valence electrons. The van der Waals surface area contributed by atoms with Crippen LogP contribution in [-0.4, -0.2) is 92.6 Å². The third-order valence-corrected chi connectivity index (χ3v) is 19.3. The van der Waals surface area contributed by atoms with Crippen LogP contribution >= 0.6 is 0 Å². The highest BCUT2D eigenvalue weighted by Gasteiger charge is 2.47. The van der Waals surface area contributed by atoms with Crippen molar-refractivity contribution < 1.29 is 18.6 Å². The molecule has 4 heterocycles. The Morgan fingerprint density at radius 1 is 0.879 bits per heavy atom. The molecule has 0 spiro atoms. The van der Waals surface area contributed by atoms with E-state index in [4.69, 9.17) is 29.3 Å². The molecule has 3 aromatic carbocycles. The predicted octanol–water partition coefficient (Wildman–Crippen LogP) is 9.82. The van der Waals surface area contributed by atoms with Crippen molar-refractivity contribution in [3.63, 3.8) is 0 Å². The largest absolute Gasteiger partial charge is 0.468 e. The lowest BCUT2D eigenvalue weighted by Gasteiger charge is -2.38. The van der Waals surface area contributed by atoms with Gasteiger partial charge < -0.3 is 24.0 Å². The van der Waals surface area contributed by atoms with Gasteiger partial charge in [0.2, 0.25) is 0 Å². The molecule has 5 aromatic rings. The Morgan fingerprint density at radius 3 is 2.38 bits per heavy atom. The molecule has 3 fully saturated rings. The minimum absolute atomic E-state index is 0.0477. The summed E-state index contributed by atoms with van der Waals surface area (Å²) in [5.74, 6) is 5.28. The summed E-state index contributed by atoms with van der Waals surface area (Å²) in [5, 5.41) is 7.73. The van der Waals surface area contributed by atoms with Gasteiger partial charge in [-0.3, -0.25) is 4.68 Å². The molecule has 9 nitrogen and oxygen atoms in total. The number of fused-ring (bicyclic) bond motifs is 2. The summed E-state index contributed by atoms with van der Waals surface area (Å²) < 4.78 is 35.7. The van der Waals surface area contributed by atoms with E-state index in [1.807, 2.05) is 18.2 Å². The molecule has 0 radical (unpaired) electrons. The highest BCUT2D eigenvalue weighted by molar-refractivity contribution is 6.90. The standard InChI is InChI=1S/C47H59FN6O3Si/c1-32(2)58(33(3)4,34(5)6)26-16-38-41(48)14-12-36-27-37(57-31-55-7)29-40(44(36)38)35-11-13-39-43(28-35)49-45(50-46(39)53-21-10-24-56-25-23-53)42-15-22-54(51-42)47(17-18-47)30-52-19-8-9-20-52/h11-15,22,27-29,32-34H,8-10,17-21,23-25,30-31H2,1-7H3. The van der Waals surface area contributed by atoms with E-state index in [1.165, 1.54) is 32.0 Å². The van der Waals surface area contributed by atoms with Crippen molar-refractivity contribution in [2.24, 2.45) is 0 Å². The van der Waals surface area contributed by atoms with Crippen molar-refractivity contribution in [2.75, 3.05) is 64.7 Å². The van der Waals surface area contributed by atoms with Gasteiger partial charge in [0.25, 0.3) is 0 Å². The summed E-state index contributed by atoms with van der Waals surface area (Å²) in [7, 11) is -0.566. The van der Waals surface area contributed by atoms with E-state index in [1.54, 1.807) is 7.11 Å². The highest BCUT2D eigenvalue weighted by atomic mass is 28.3. The van der Waals surface area contributed by atoms with E-state index < -0.39 is 8.07 Å². The lowest BCUT2D eigenvalue weighted by atomic mass is 9.93. The molecular weight excluding hydrogens is 744 g/mol. The maximum Gasteiger partial charge on any atom is 0.188 e. The fourth-order valence-electron chi connectivity index (χ4n) is 9.84. The lowest BCUT2D eigenvalue weighted by molar-refractivity contribution is 0.0512. The number of rotatable bonds is 12. The molecule has 58 heavy (non-hydrogen) atoms. The van der Waals surface area contributed by atoms with Gasteiger partial charge in [0.05, 0.1) is 23.2 Å². The Hall–Kier alpha value is -4.34. The first kappa shape index (κ1) is 40.4. The summed E-state index contributed by atoms with van der Waals surface area (Å²) in [6, 6.07) is 15.7. The van der Waals surface area contributed by atoms with E-state index in [9.17, 15) is 0 Å². The van der Waals surface area contributed by atoms with Crippen molar-refractivity contribution in [1.82, 2.24) is 24.6 Å². The van der Waals surface area contributed by atoms with E-state index in [0.717, 1.165) is 89.8 Å². The summed E-state index contributed by atoms with van der Waals surface area (Å²) in [4.78, 5) is 15.4. The van der Waals surface area contributed by atoms with Crippen LogP contribution in [0, 0.1) is 17.3 Å². The molecule has 2 aliphatic heterocycles. The Bertz CT molecular complexity index is 2310. The fraction of sp³-hybridized carbons (Fsp3) is 0.511. The summed E-state index contributed by atoms with van der Waals surface area (Å²) in [5.41, 5.74) is 8.78. The Balaban J connectivity index is 1.29. The monoisotopic (exact) mass is 802 g/mol. The average Bonchev–Trinajstić information content (AvgIpc) is 3.63. The third kappa shape index (κ3) is 7.76. The first-order valence-electron chi connectivity index (χ1n) is 21.4. The number of halogens is 1. The number of nitrogens with zero attached hydrogens (tertiary/aromatic N) is 6. The van der Waals surface area contributed by atoms with Gasteiger partial charge in [0.15, 0.2) is 12.6 Å². The molecule has 0 amide bonds. The second-order valence-corrected chi connectivity index (χ2v) is 23.2. The van der Waals surface area contributed by atoms with Gasteiger partial charge in [-0.05, 0) is 115 Å². The Morgan fingerprint density at radius 2 is 1.66 bits per heavy atom. The summed E-state index contributed by atoms with van der Waals surface area (Å²) >= 11 is 0. The zero-order valence-corrected chi connectivity index (χ0v) is 36.4. The molecule has 0 N–H and O–H groups in total. The SMILES string of the molecule is COCOc1cc(-c2ccc3c(N4CCCOCC4)nc(-c4ccn(C5(CN6CCCC6)CC5)n4)nc3c2)c2c(C#C[Si](C(C)C)(C(C)C)C(C)C)c(F)ccc2c1. The smallest absolute Gasteiger partial charge is 0.188 e. The van der Waals surface area contributed by atoms with Gasteiger partial charge in [-0.2, -0.15) is 5.10 Å². The first-order valence-corrected chi connectivity index (χ1v) is 23.6. The number of ether oxygens (including phenoxy) is 3. The number of hydrogen-bond acceptors (Lipinski definition) is 8. The van der Waals surface area contributed by atoms with Crippen LogP contribution in [0.15, 0.2) is 54.7 Å². The van der Waals surface area contributed by atoms with Crippen molar-refractivity contribution in [1.29, 1.82) is 0 Å². The summed E-state index contributed by atoms with van der Waals surface area (Å²) in [6.07, 6.45) is 7.85. The molecule has 0 bridgehead atoms. The number of anilines is 1. The zero-order chi connectivity index (χ0) is 40.6. The minimum Gasteiger partial charge on any atom is -0.468 e. The number of benzene rings is 3. The van der Waals surface area contributed by atoms with E-state index in [0.29, 0.717) is 40.4 Å². The normalized spacial score (nSPS) is 17.4. The van der Waals surface area contributed by atoms with Crippen LogP contribution in [0.1, 0.15) is 79.2 Å². The molecular formula is C47H59FN6O3Si. The summed E-state index contributed by atoms with van der Waals surface area (Å²) in [6.45, 7) is 20.1. The minimum atomic E-state index is -2.17. The third-order valence-electron chi connectivity index (χ3n) is 13.0. The molecule has 0 unspecified atom stereocenters. The van der Waals surface area contributed by atoms with Crippen LogP contribution in [0.3, 0.4) is 0 Å². The number of likely N-dealkylation sites (tertiary alicyclic amines) is 1. The molecule has 3 aliphatic rings. The number of aromatic nitrogens is 4. The van der Waals surface area contributed by atoms with Gasteiger partial charge in [-0.1, -0.05) is 59.6 Å². The molecule has 2 aromatic heterocycles. The van der Waals surface area contributed by atoms with E-state index in [-0.39, 0.29) is 18.1 Å². The molecule has 1 saturated carbocycles. The van der Waals surface area contributed by atoms with E-state index >= 15 is 4.39 Å². The van der Waals surface area contributed by atoms with Crippen LogP contribution in [0.5, 0.6) is 5.75 Å². The van der Waals surface area contributed by atoms with Crippen molar-refractivity contribution >= 4 is 35.6 Å². The van der Waals surface area contributed by atoms with Crippen LogP contribution in [-0.2, 0) is 15.0 Å². The molecule has 0 atom stereocenters. The molecule has 8 rings (SSSR count). The number of hydrogen-bond donors (Lipinski definition) is 0. The van der Waals surface area contributed by atoms with Gasteiger partial charge in [-0.25, -0.2) is 14.4 Å². The topological polar surface area (TPSA) is 77.8 Å². The van der Waals surface area contributed by atoms with Crippen molar-refractivity contribution in [3.8, 4) is 39.9 Å². The Labute approximate surface area is 344 Å². The lowest BCUT2D eigenvalue weighted by Crippen LogP contribution is -2.43. The molecule has 1 aliphatic carbocycles. The highest BCUT2D eigenvalue weighted by Crippen LogP contribution is 2.45. The fourth-order valence-corrected chi connectivity index (χ4v) is 15.0.